The number of hydrogen-bond acceptors (Lipinski definition) is 10. The van der Waals surface area contributed by atoms with Gasteiger partial charge in [-0.15, -0.1) is 0 Å². The first-order valence-corrected chi connectivity index (χ1v) is 19.6. The predicted molar refractivity (Wildman–Crippen MR) is 144 cm³/mol. The zero-order valence-electron chi connectivity index (χ0n) is 20.6. The smallest absolute Gasteiger partial charge is 0.269 e. The van der Waals surface area contributed by atoms with Crippen molar-refractivity contribution in [2.45, 2.75) is 111 Å². The molecule has 18 heteroatoms. The lowest BCUT2D eigenvalue weighted by atomic mass is 10.1. The first-order chi connectivity index (χ1) is 16.2. The zero-order valence-corrected chi connectivity index (χ0v) is 25.5. The van der Waals surface area contributed by atoms with Gasteiger partial charge in [0.1, 0.15) is 21.0 Å². The summed E-state index contributed by atoms with van der Waals surface area (Å²) >= 11 is 0. The van der Waals surface area contributed by atoms with Crippen molar-refractivity contribution < 1.29 is 51.9 Å². The summed E-state index contributed by atoms with van der Waals surface area (Å²) in [6, 6.07) is 0. The van der Waals surface area contributed by atoms with E-state index >= 15 is 0 Å². The highest BCUT2D eigenvalue weighted by atomic mass is 33.1. The van der Waals surface area contributed by atoms with Crippen LogP contribution in [0.1, 0.15) is 79.1 Å². The second-order valence-corrected chi connectivity index (χ2v) is 18.4. The normalized spacial score (nSPS) is 18.8. The van der Waals surface area contributed by atoms with Gasteiger partial charge in [-0.1, -0.05) is 61.1 Å². The van der Waals surface area contributed by atoms with Gasteiger partial charge in [0, 0.05) is 10.5 Å². The van der Waals surface area contributed by atoms with Gasteiger partial charge in [-0.2, -0.15) is 33.7 Å². The van der Waals surface area contributed by atoms with E-state index in [-0.39, 0.29) is 12.8 Å². The molecule has 0 amide bonds. The molecule has 0 spiro atoms. The van der Waals surface area contributed by atoms with Crippen LogP contribution in [0.2, 0.25) is 0 Å². The topological polar surface area (TPSA) is 217 Å². The molecule has 0 rings (SSSR count). The Kier molecular flexibility index (Phi) is 15.4. The van der Waals surface area contributed by atoms with Crippen LogP contribution in [0.3, 0.4) is 0 Å². The number of unbranched alkanes of at least 4 members (excludes halogenated alkanes) is 2. The summed E-state index contributed by atoms with van der Waals surface area (Å²) in [6.07, 6.45) is 2.91. The third-order valence-electron chi connectivity index (χ3n) is 5.83. The zero-order chi connectivity index (χ0) is 28.5. The maximum absolute atomic E-state index is 11.9. The van der Waals surface area contributed by atoms with Gasteiger partial charge in [0.05, 0.1) is 0 Å². The summed E-state index contributed by atoms with van der Waals surface area (Å²) in [4.78, 5) is 0. The molecule has 0 aromatic rings. The second kappa shape index (κ2) is 15.2. The second-order valence-electron chi connectivity index (χ2n) is 8.74. The van der Waals surface area contributed by atoms with Crippen molar-refractivity contribution in [2.24, 2.45) is 0 Å². The maximum atomic E-state index is 11.9. The Hall–Kier alpha value is 0.340. The molecule has 0 aromatic heterocycles. The van der Waals surface area contributed by atoms with E-state index in [1.807, 2.05) is 13.8 Å². The molecule has 0 radical (unpaired) electrons. The highest BCUT2D eigenvalue weighted by Gasteiger charge is 2.40. The Morgan fingerprint density at radius 3 is 1.03 bits per heavy atom. The molecule has 0 fully saturated rings. The van der Waals surface area contributed by atoms with Gasteiger partial charge in [0.25, 0.3) is 40.5 Å². The molecule has 0 aliphatic heterocycles. The molecule has 0 aliphatic carbocycles. The van der Waals surface area contributed by atoms with Crippen LogP contribution in [0.4, 0.5) is 0 Å². The summed E-state index contributed by atoms with van der Waals surface area (Å²) in [5, 5.41) is -8.25. The van der Waals surface area contributed by atoms with Crippen molar-refractivity contribution >= 4 is 62.1 Å². The van der Waals surface area contributed by atoms with E-state index in [1.54, 1.807) is 0 Å². The van der Waals surface area contributed by atoms with E-state index in [4.69, 9.17) is 0 Å². The van der Waals surface area contributed by atoms with Gasteiger partial charge in [-0.3, -0.25) is 18.2 Å². The summed E-state index contributed by atoms with van der Waals surface area (Å²) in [6.45, 7) is 5.71. The molecule has 0 heterocycles. The van der Waals surface area contributed by atoms with Crippen molar-refractivity contribution in [3.8, 4) is 0 Å². The maximum Gasteiger partial charge on any atom is 0.269 e. The van der Waals surface area contributed by atoms with Crippen molar-refractivity contribution in [3.63, 3.8) is 0 Å². The largest absolute Gasteiger partial charge is 0.285 e. The molecule has 12 nitrogen and oxygen atoms in total. The Bertz CT molecular complexity index is 997. The van der Waals surface area contributed by atoms with Gasteiger partial charge in [0.15, 0.2) is 0 Å². The van der Waals surface area contributed by atoms with E-state index in [0.717, 1.165) is 48.3 Å². The summed E-state index contributed by atoms with van der Waals surface area (Å²) in [5.41, 5.74) is 0. The third kappa shape index (κ3) is 13.4. The fourth-order valence-corrected chi connectivity index (χ4v) is 11.7. The summed E-state index contributed by atoms with van der Waals surface area (Å²) < 4.78 is 132. The molecule has 218 valence electrons. The van der Waals surface area contributed by atoms with Gasteiger partial charge in [-0.05, 0) is 39.5 Å². The third-order valence-corrected chi connectivity index (χ3v) is 14.9. The van der Waals surface area contributed by atoms with Gasteiger partial charge >= 0.3 is 0 Å². The first-order valence-electron chi connectivity index (χ1n) is 11.3. The average molecular weight is 639 g/mol. The molecule has 0 bridgehead atoms. The van der Waals surface area contributed by atoms with E-state index in [0.29, 0.717) is 25.7 Å². The van der Waals surface area contributed by atoms with Crippen LogP contribution in [0.5, 0.6) is 0 Å². The van der Waals surface area contributed by atoms with E-state index < -0.39 is 72.0 Å². The molecular weight excluding hydrogens is 601 g/mol. The standard InChI is InChI=1S/C18H38O12S6/c1-5-7-9-15(11-17(35(25,26)27)13(3)33(19,20)21)31-32-16(10-8-6-2)12-18(36(28,29)30)14(4)34(22,23)24/h13-18H,5-12H2,1-4H3,(H,19,20,21)(H,22,23,24)(H,25,26,27)(H,28,29,30). The van der Waals surface area contributed by atoms with Gasteiger partial charge in [0.2, 0.25) is 0 Å². The Morgan fingerprint density at radius 2 is 0.833 bits per heavy atom. The molecule has 0 saturated heterocycles. The van der Waals surface area contributed by atoms with Crippen molar-refractivity contribution in [3.05, 3.63) is 0 Å². The van der Waals surface area contributed by atoms with Gasteiger partial charge < -0.3 is 0 Å². The molecule has 6 unspecified atom stereocenters. The predicted octanol–water partition coefficient (Wildman–Crippen LogP) is 3.33. The first kappa shape index (κ1) is 36.3. The number of rotatable bonds is 19. The lowest BCUT2D eigenvalue weighted by molar-refractivity contribution is 0.433. The van der Waals surface area contributed by atoms with Crippen molar-refractivity contribution in [1.29, 1.82) is 0 Å². The molecule has 4 N–H and O–H groups in total. The van der Waals surface area contributed by atoms with Crippen LogP contribution in [-0.4, -0.2) is 83.4 Å². The quantitative estimate of drug-likeness (QED) is 0.118. The Balaban J connectivity index is 5.95. The minimum atomic E-state index is -4.85. The Morgan fingerprint density at radius 1 is 0.556 bits per heavy atom. The van der Waals surface area contributed by atoms with Gasteiger partial charge in [-0.25, -0.2) is 0 Å². The van der Waals surface area contributed by atoms with Crippen LogP contribution in [-0.2, 0) is 40.5 Å². The van der Waals surface area contributed by atoms with Crippen LogP contribution in [0.25, 0.3) is 0 Å². The molecule has 6 atom stereocenters. The summed E-state index contributed by atoms with van der Waals surface area (Å²) in [7, 11) is -17.0. The minimum Gasteiger partial charge on any atom is -0.285 e. The van der Waals surface area contributed by atoms with Crippen LogP contribution in [0, 0.1) is 0 Å². The van der Waals surface area contributed by atoms with E-state index in [2.05, 4.69) is 0 Å². The molecule has 36 heavy (non-hydrogen) atoms. The van der Waals surface area contributed by atoms with Crippen molar-refractivity contribution in [1.82, 2.24) is 0 Å². The van der Waals surface area contributed by atoms with E-state index in [9.17, 15) is 51.9 Å². The highest BCUT2D eigenvalue weighted by Crippen LogP contribution is 2.41. The van der Waals surface area contributed by atoms with Crippen LogP contribution >= 0.6 is 21.6 Å². The molecule has 0 aliphatic rings. The van der Waals surface area contributed by atoms with Crippen LogP contribution < -0.4 is 0 Å². The Labute approximate surface area is 223 Å². The summed E-state index contributed by atoms with van der Waals surface area (Å²) in [5.74, 6) is 0. The lowest BCUT2D eigenvalue weighted by Crippen LogP contribution is -2.39. The van der Waals surface area contributed by atoms with E-state index in [1.165, 1.54) is 0 Å². The van der Waals surface area contributed by atoms with Crippen molar-refractivity contribution in [2.75, 3.05) is 0 Å². The molecule has 0 saturated carbocycles. The fraction of sp³-hybridized carbons (Fsp3) is 1.00. The number of hydrogen-bond donors (Lipinski definition) is 4. The molecule has 0 aromatic carbocycles. The minimum absolute atomic E-state index is 0.318. The highest BCUT2D eigenvalue weighted by molar-refractivity contribution is 8.77. The average Bonchev–Trinajstić information content (AvgIpc) is 2.70. The SMILES string of the molecule is CCCCC(CC(C(C)S(=O)(=O)O)S(=O)(=O)O)SSC(CCCC)CC(C(C)S(=O)(=O)O)S(=O)(=O)O. The lowest BCUT2D eigenvalue weighted by Gasteiger charge is -2.27. The monoisotopic (exact) mass is 638 g/mol. The van der Waals surface area contributed by atoms with Crippen LogP contribution in [0.15, 0.2) is 0 Å². The fourth-order valence-electron chi connectivity index (χ4n) is 3.44. The molecular formula is C18H38O12S6.